The van der Waals surface area contributed by atoms with E-state index in [0.717, 1.165) is 16.9 Å². The summed E-state index contributed by atoms with van der Waals surface area (Å²) in [5, 5.41) is 2.83. The van der Waals surface area contributed by atoms with E-state index in [0.29, 0.717) is 23.8 Å². The molecule has 0 saturated heterocycles. The van der Waals surface area contributed by atoms with Crippen molar-refractivity contribution >= 4 is 12.0 Å². The van der Waals surface area contributed by atoms with Crippen molar-refractivity contribution in [1.29, 1.82) is 0 Å². The molecule has 1 heterocycles. The van der Waals surface area contributed by atoms with Gasteiger partial charge in [0.25, 0.3) is 0 Å². The lowest BCUT2D eigenvalue weighted by Crippen LogP contribution is -2.20. The Labute approximate surface area is 146 Å². The fourth-order valence-corrected chi connectivity index (χ4v) is 2.43. The van der Waals surface area contributed by atoms with Gasteiger partial charge in [0.1, 0.15) is 0 Å². The lowest BCUT2D eigenvalue weighted by molar-refractivity contribution is -0.116. The van der Waals surface area contributed by atoms with Gasteiger partial charge in [-0.1, -0.05) is 12.1 Å². The number of carbonyl (C=O) groups is 1. The van der Waals surface area contributed by atoms with Gasteiger partial charge in [-0.2, -0.15) is 0 Å². The van der Waals surface area contributed by atoms with Gasteiger partial charge in [-0.15, -0.1) is 0 Å². The molecule has 6 heteroatoms. The summed E-state index contributed by atoms with van der Waals surface area (Å²) in [6.07, 6.45) is 3.20. The molecular weight excluding hydrogens is 322 g/mol. The van der Waals surface area contributed by atoms with Crippen molar-refractivity contribution in [2.75, 3.05) is 21.0 Å². The second-order valence-electron chi connectivity index (χ2n) is 5.35. The van der Waals surface area contributed by atoms with Crippen molar-refractivity contribution < 1.29 is 23.7 Å². The minimum absolute atomic E-state index is 0.188. The van der Waals surface area contributed by atoms with E-state index in [2.05, 4.69) is 5.32 Å². The molecule has 2 aromatic rings. The highest BCUT2D eigenvalue weighted by molar-refractivity contribution is 5.91. The summed E-state index contributed by atoms with van der Waals surface area (Å²) in [5.74, 6) is 2.50. The largest absolute Gasteiger partial charge is 0.493 e. The molecule has 0 unspecified atom stereocenters. The Morgan fingerprint density at radius 3 is 2.68 bits per heavy atom. The summed E-state index contributed by atoms with van der Waals surface area (Å²) < 4.78 is 21.0. The smallest absolute Gasteiger partial charge is 0.244 e. The van der Waals surface area contributed by atoms with Gasteiger partial charge in [0.05, 0.1) is 14.2 Å². The van der Waals surface area contributed by atoms with Gasteiger partial charge >= 0.3 is 0 Å². The monoisotopic (exact) mass is 341 g/mol. The van der Waals surface area contributed by atoms with Gasteiger partial charge in [-0.05, 0) is 41.5 Å². The van der Waals surface area contributed by atoms with Gasteiger partial charge in [0, 0.05) is 12.6 Å². The van der Waals surface area contributed by atoms with Crippen LogP contribution in [0.5, 0.6) is 23.0 Å². The normalized spacial score (nSPS) is 12.2. The average Bonchev–Trinajstić information content (AvgIpc) is 3.12. The fourth-order valence-electron chi connectivity index (χ4n) is 2.43. The first kappa shape index (κ1) is 16.7. The van der Waals surface area contributed by atoms with Crippen LogP contribution >= 0.6 is 0 Å². The van der Waals surface area contributed by atoms with Crippen molar-refractivity contribution in [3.63, 3.8) is 0 Å². The molecule has 0 aromatic heterocycles. The van der Waals surface area contributed by atoms with Crippen LogP contribution in [-0.2, 0) is 11.3 Å². The molecule has 1 aliphatic heterocycles. The van der Waals surface area contributed by atoms with Gasteiger partial charge in [-0.3, -0.25) is 4.79 Å². The highest BCUT2D eigenvalue weighted by atomic mass is 16.7. The molecule has 130 valence electrons. The second kappa shape index (κ2) is 7.61. The summed E-state index contributed by atoms with van der Waals surface area (Å²) in [4.78, 5) is 12.0. The molecular formula is C19H19NO5. The Bertz CT molecular complexity index is 800. The third-order valence-electron chi connectivity index (χ3n) is 3.74. The number of nitrogens with one attached hydrogen (secondary N) is 1. The predicted molar refractivity (Wildman–Crippen MR) is 93.0 cm³/mol. The van der Waals surface area contributed by atoms with Crippen molar-refractivity contribution in [3.8, 4) is 23.0 Å². The van der Waals surface area contributed by atoms with Crippen LogP contribution in [0.25, 0.3) is 6.08 Å². The van der Waals surface area contributed by atoms with E-state index < -0.39 is 0 Å². The Morgan fingerprint density at radius 1 is 1.08 bits per heavy atom. The van der Waals surface area contributed by atoms with Crippen LogP contribution in [0, 0.1) is 0 Å². The topological polar surface area (TPSA) is 66.0 Å². The molecule has 0 fully saturated rings. The predicted octanol–water partition coefficient (Wildman–Crippen LogP) is 2.76. The number of methoxy groups -OCH3 is 2. The third-order valence-corrected chi connectivity index (χ3v) is 3.74. The Balaban J connectivity index is 1.58. The number of hydrogen-bond donors (Lipinski definition) is 1. The molecule has 1 aliphatic rings. The van der Waals surface area contributed by atoms with Gasteiger partial charge in [0.2, 0.25) is 12.7 Å². The minimum Gasteiger partial charge on any atom is -0.493 e. The zero-order chi connectivity index (χ0) is 17.6. The fraction of sp³-hybridized carbons (Fsp3) is 0.211. The lowest BCUT2D eigenvalue weighted by atomic mass is 10.2. The number of hydrogen-bond acceptors (Lipinski definition) is 5. The molecule has 0 saturated carbocycles. The highest BCUT2D eigenvalue weighted by Crippen LogP contribution is 2.32. The zero-order valence-corrected chi connectivity index (χ0v) is 14.1. The molecule has 2 aromatic carbocycles. The Hall–Kier alpha value is -3.15. The van der Waals surface area contributed by atoms with Gasteiger partial charge in [0.15, 0.2) is 23.0 Å². The van der Waals surface area contributed by atoms with E-state index in [1.54, 1.807) is 32.4 Å². The molecule has 1 N–H and O–H groups in total. The highest BCUT2D eigenvalue weighted by Gasteiger charge is 2.13. The second-order valence-corrected chi connectivity index (χ2v) is 5.35. The summed E-state index contributed by atoms with van der Waals surface area (Å²) in [6.45, 7) is 0.644. The van der Waals surface area contributed by atoms with E-state index in [1.165, 1.54) is 6.08 Å². The molecule has 1 amide bonds. The van der Waals surface area contributed by atoms with E-state index in [4.69, 9.17) is 18.9 Å². The first-order valence-electron chi connectivity index (χ1n) is 7.76. The summed E-state index contributed by atoms with van der Waals surface area (Å²) in [5.41, 5.74) is 1.79. The Morgan fingerprint density at radius 2 is 1.88 bits per heavy atom. The van der Waals surface area contributed by atoms with E-state index in [-0.39, 0.29) is 12.7 Å². The van der Waals surface area contributed by atoms with Crippen LogP contribution in [0.1, 0.15) is 11.1 Å². The zero-order valence-electron chi connectivity index (χ0n) is 14.1. The summed E-state index contributed by atoms with van der Waals surface area (Å²) >= 11 is 0. The van der Waals surface area contributed by atoms with Crippen LogP contribution in [0.3, 0.4) is 0 Å². The molecule has 25 heavy (non-hydrogen) atoms. The van der Waals surface area contributed by atoms with Crippen LogP contribution in [0.2, 0.25) is 0 Å². The summed E-state index contributed by atoms with van der Waals surface area (Å²) in [6, 6.07) is 11.0. The first-order chi connectivity index (χ1) is 12.2. The SMILES string of the molecule is COc1ccc(/C=C/C(=O)NCc2ccc3c(c2)OCO3)cc1OC. The number of carbonyl (C=O) groups excluding carboxylic acids is 1. The molecule has 0 atom stereocenters. The maximum absolute atomic E-state index is 12.0. The number of amides is 1. The number of ether oxygens (including phenoxy) is 4. The third kappa shape index (κ3) is 4.03. The standard InChI is InChI=1S/C19H19NO5/c1-22-15-6-3-13(9-17(15)23-2)5-8-19(21)20-11-14-4-7-16-18(10-14)25-12-24-16/h3-10H,11-12H2,1-2H3,(H,20,21)/b8-5+. The van der Waals surface area contributed by atoms with Crippen LogP contribution in [0.15, 0.2) is 42.5 Å². The number of benzene rings is 2. The molecule has 0 radical (unpaired) electrons. The minimum atomic E-state index is -0.188. The van der Waals surface area contributed by atoms with E-state index >= 15 is 0 Å². The first-order valence-corrected chi connectivity index (χ1v) is 7.76. The molecule has 0 bridgehead atoms. The number of rotatable bonds is 6. The number of fused-ring (bicyclic) bond motifs is 1. The average molecular weight is 341 g/mol. The van der Waals surface area contributed by atoms with Gasteiger partial charge in [-0.25, -0.2) is 0 Å². The van der Waals surface area contributed by atoms with Crippen molar-refractivity contribution in [2.24, 2.45) is 0 Å². The Kier molecular flexibility index (Phi) is 5.09. The van der Waals surface area contributed by atoms with E-state index in [1.807, 2.05) is 24.3 Å². The van der Waals surface area contributed by atoms with Crippen LogP contribution in [-0.4, -0.2) is 26.9 Å². The van der Waals surface area contributed by atoms with Crippen molar-refractivity contribution in [3.05, 3.63) is 53.6 Å². The van der Waals surface area contributed by atoms with Crippen LogP contribution < -0.4 is 24.3 Å². The molecule has 6 nitrogen and oxygen atoms in total. The maximum Gasteiger partial charge on any atom is 0.244 e. The maximum atomic E-state index is 12.0. The summed E-state index contributed by atoms with van der Waals surface area (Å²) in [7, 11) is 3.15. The molecule has 0 aliphatic carbocycles. The van der Waals surface area contributed by atoms with Gasteiger partial charge < -0.3 is 24.3 Å². The van der Waals surface area contributed by atoms with Crippen molar-refractivity contribution in [1.82, 2.24) is 5.32 Å². The lowest BCUT2D eigenvalue weighted by Gasteiger charge is -2.07. The molecule has 3 rings (SSSR count). The van der Waals surface area contributed by atoms with Crippen LogP contribution in [0.4, 0.5) is 0 Å². The molecule has 0 spiro atoms. The van der Waals surface area contributed by atoms with E-state index in [9.17, 15) is 4.79 Å². The van der Waals surface area contributed by atoms with Crippen molar-refractivity contribution in [2.45, 2.75) is 6.54 Å². The quantitative estimate of drug-likeness (QED) is 0.819.